The third kappa shape index (κ3) is 5.03. The van der Waals surface area contributed by atoms with Gasteiger partial charge in [0.15, 0.2) is 3.95 Å². The highest BCUT2D eigenvalue weighted by atomic mass is 32.1. The van der Waals surface area contributed by atoms with E-state index in [9.17, 15) is 0 Å². The maximum absolute atomic E-state index is 5.51. The molecule has 2 heterocycles. The van der Waals surface area contributed by atoms with Crippen LogP contribution in [0, 0.1) is 9.87 Å². The molecule has 2 aromatic rings. The number of aromatic nitrogens is 2. The topological polar surface area (TPSA) is 45.6 Å². The first-order chi connectivity index (χ1) is 12.5. The molecule has 1 saturated heterocycles. The molecule has 0 aliphatic carbocycles. The number of hydrogen-bond acceptors (Lipinski definition) is 7. The number of ether oxygens (including phenoxy) is 1. The average Bonchev–Trinajstić information content (AvgIpc) is 2.96. The molecule has 6 nitrogen and oxygen atoms in total. The lowest BCUT2D eigenvalue weighted by Crippen LogP contribution is -2.47. The van der Waals surface area contributed by atoms with E-state index in [0.717, 1.165) is 59.3 Å². The van der Waals surface area contributed by atoms with Crippen LogP contribution in [0.4, 0.5) is 10.8 Å². The van der Waals surface area contributed by atoms with Gasteiger partial charge in [-0.2, -0.15) is 0 Å². The van der Waals surface area contributed by atoms with Crippen LogP contribution >= 0.6 is 23.6 Å². The molecule has 26 heavy (non-hydrogen) atoms. The predicted octanol–water partition coefficient (Wildman–Crippen LogP) is 3.66. The minimum absolute atomic E-state index is 0.720. The summed E-state index contributed by atoms with van der Waals surface area (Å²) in [5, 5.41) is 8.76. The molecular formula is C18H27N5OS2. The van der Waals surface area contributed by atoms with Gasteiger partial charge in [0.25, 0.3) is 0 Å². The van der Waals surface area contributed by atoms with E-state index in [1.165, 1.54) is 17.9 Å². The number of methoxy groups -OCH3 is 1. The number of piperazine rings is 1. The van der Waals surface area contributed by atoms with E-state index in [2.05, 4.69) is 34.1 Å². The predicted molar refractivity (Wildman–Crippen MR) is 110 cm³/mol. The normalized spacial score (nSPS) is 16.2. The minimum Gasteiger partial charge on any atom is -0.495 e. The van der Waals surface area contributed by atoms with E-state index in [0.29, 0.717) is 0 Å². The van der Waals surface area contributed by atoms with Crippen molar-refractivity contribution in [3.63, 3.8) is 0 Å². The molecule has 142 valence electrons. The summed E-state index contributed by atoms with van der Waals surface area (Å²) in [4.78, 5) is 4.95. The maximum Gasteiger partial charge on any atom is 0.209 e. The van der Waals surface area contributed by atoms with Crippen LogP contribution in [0.3, 0.4) is 0 Å². The van der Waals surface area contributed by atoms with E-state index >= 15 is 0 Å². The zero-order valence-corrected chi connectivity index (χ0v) is 17.3. The Kier molecular flexibility index (Phi) is 6.63. The molecule has 0 spiro atoms. The number of rotatable bonds is 7. The lowest BCUT2D eigenvalue weighted by atomic mass is 10.2. The van der Waals surface area contributed by atoms with Crippen LogP contribution in [0.1, 0.15) is 13.8 Å². The largest absolute Gasteiger partial charge is 0.495 e. The molecule has 1 aromatic heterocycles. The fraction of sp³-hybridized carbons (Fsp3) is 0.556. The number of nitrogens with one attached hydrogen (secondary N) is 1. The average molecular weight is 394 g/mol. The van der Waals surface area contributed by atoms with Crippen LogP contribution in [0.25, 0.3) is 0 Å². The molecule has 0 radical (unpaired) electrons. The quantitative estimate of drug-likeness (QED) is 0.725. The van der Waals surface area contributed by atoms with Gasteiger partial charge in [0.1, 0.15) is 5.75 Å². The highest BCUT2D eigenvalue weighted by Crippen LogP contribution is 2.28. The number of hydrogen-bond donors (Lipinski definition) is 1. The zero-order chi connectivity index (χ0) is 18.5. The number of benzene rings is 1. The van der Waals surface area contributed by atoms with Crippen molar-refractivity contribution in [2.75, 3.05) is 45.2 Å². The van der Waals surface area contributed by atoms with Crippen molar-refractivity contribution in [3.05, 3.63) is 28.2 Å². The van der Waals surface area contributed by atoms with E-state index in [4.69, 9.17) is 17.0 Å². The van der Waals surface area contributed by atoms with Gasteiger partial charge >= 0.3 is 0 Å². The first-order valence-electron chi connectivity index (χ1n) is 8.98. The van der Waals surface area contributed by atoms with Gasteiger partial charge in [-0.05, 0) is 30.3 Å². The monoisotopic (exact) mass is 393 g/mol. The van der Waals surface area contributed by atoms with Gasteiger partial charge in [-0.25, -0.2) is 4.68 Å². The summed E-state index contributed by atoms with van der Waals surface area (Å²) in [5.41, 5.74) is 0.896. The van der Waals surface area contributed by atoms with Gasteiger partial charge in [-0.3, -0.25) is 4.90 Å². The van der Waals surface area contributed by atoms with Crippen molar-refractivity contribution < 1.29 is 4.74 Å². The van der Waals surface area contributed by atoms with Crippen molar-refractivity contribution in [1.29, 1.82) is 0 Å². The second-order valence-electron chi connectivity index (χ2n) is 6.95. The van der Waals surface area contributed by atoms with E-state index in [1.54, 1.807) is 7.11 Å². The lowest BCUT2D eigenvalue weighted by molar-refractivity contribution is 0.0955. The molecule has 0 atom stereocenters. The molecule has 0 unspecified atom stereocenters. The first-order valence-corrected chi connectivity index (χ1v) is 10.2. The van der Waals surface area contributed by atoms with Crippen LogP contribution in [-0.4, -0.2) is 59.4 Å². The van der Waals surface area contributed by atoms with Crippen molar-refractivity contribution in [2.45, 2.75) is 20.5 Å². The zero-order valence-electron chi connectivity index (χ0n) is 15.6. The molecule has 0 saturated carbocycles. The molecule has 1 N–H and O–H groups in total. The fourth-order valence-electron chi connectivity index (χ4n) is 3.13. The minimum atomic E-state index is 0.720. The summed E-state index contributed by atoms with van der Waals surface area (Å²) in [6, 6.07) is 7.82. The number of nitrogens with zero attached hydrogens (tertiary/aromatic N) is 4. The highest BCUT2D eigenvalue weighted by Gasteiger charge is 2.18. The lowest BCUT2D eigenvalue weighted by Gasteiger charge is -2.35. The van der Waals surface area contributed by atoms with Gasteiger partial charge in [0, 0.05) is 32.7 Å². The van der Waals surface area contributed by atoms with E-state index in [-0.39, 0.29) is 0 Å². The van der Waals surface area contributed by atoms with Crippen molar-refractivity contribution >= 4 is 34.4 Å². The molecule has 0 bridgehead atoms. The molecule has 0 amide bonds. The van der Waals surface area contributed by atoms with Gasteiger partial charge in [-0.1, -0.05) is 37.3 Å². The Morgan fingerprint density at radius 2 is 1.88 bits per heavy atom. The van der Waals surface area contributed by atoms with Crippen LogP contribution < -0.4 is 10.1 Å². The van der Waals surface area contributed by atoms with Crippen LogP contribution in [0.15, 0.2) is 24.3 Å². The molecule has 8 heteroatoms. The Labute approximate surface area is 164 Å². The Balaban J connectivity index is 1.60. The van der Waals surface area contributed by atoms with Gasteiger partial charge in [0.2, 0.25) is 5.13 Å². The Hall–Kier alpha value is -1.48. The molecule has 1 aromatic carbocycles. The SMILES string of the molecule is COc1ccccc1Nc1nn(CN2CCN(CC(C)C)CC2)c(=S)s1. The fourth-order valence-corrected chi connectivity index (χ4v) is 4.13. The van der Waals surface area contributed by atoms with Crippen molar-refractivity contribution in [1.82, 2.24) is 19.6 Å². The van der Waals surface area contributed by atoms with Gasteiger partial charge in [0.05, 0.1) is 19.5 Å². The molecule has 1 fully saturated rings. The Morgan fingerprint density at radius 1 is 1.19 bits per heavy atom. The first kappa shape index (κ1) is 19.3. The van der Waals surface area contributed by atoms with Crippen LogP contribution in [0.5, 0.6) is 5.75 Å². The summed E-state index contributed by atoms with van der Waals surface area (Å²) >= 11 is 7.00. The van der Waals surface area contributed by atoms with E-state index in [1.807, 2.05) is 28.9 Å². The summed E-state index contributed by atoms with van der Waals surface area (Å²) in [6.45, 7) is 10.8. The highest BCUT2D eigenvalue weighted by molar-refractivity contribution is 7.73. The third-order valence-corrected chi connectivity index (χ3v) is 5.60. The second-order valence-corrected chi connectivity index (χ2v) is 8.57. The van der Waals surface area contributed by atoms with Crippen molar-refractivity contribution in [3.8, 4) is 5.75 Å². The van der Waals surface area contributed by atoms with Crippen molar-refractivity contribution in [2.24, 2.45) is 5.92 Å². The standard InChI is InChI=1S/C18H27N5OS2/c1-14(2)12-21-8-10-22(11-9-21)13-23-18(25)26-17(20-23)19-15-6-4-5-7-16(15)24-3/h4-7,14H,8-13H2,1-3H3,(H,19,20). The third-order valence-electron chi connectivity index (χ3n) is 4.38. The van der Waals surface area contributed by atoms with Crippen LogP contribution in [0.2, 0.25) is 0 Å². The second kappa shape index (κ2) is 8.94. The van der Waals surface area contributed by atoms with Gasteiger partial charge < -0.3 is 15.0 Å². The smallest absolute Gasteiger partial charge is 0.209 e. The van der Waals surface area contributed by atoms with Gasteiger partial charge in [-0.15, -0.1) is 5.10 Å². The number of anilines is 2. The number of para-hydroxylation sites is 2. The summed E-state index contributed by atoms with van der Waals surface area (Å²) in [5.74, 6) is 1.51. The molecule has 1 aliphatic rings. The maximum atomic E-state index is 5.51. The van der Waals surface area contributed by atoms with E-state index < -0.39 is 0 Å². The van der Waals surface area contributed by atoms with Crippen LogP contribution in [-0.2, 0) is 6.67 Å². The summed E-state index contributed by atoms with van der Waals surface area (Å²) in [7, 11) is 1.67. The Bertz CT molecular complexity index is 765. The molecular weight excluding hydrogens is 366 g/mol. The Morgan fingerprint density at radius 3 is 2.58 bits per heavy atom. The molecule has 3 rings (SSSR count). The molecule has 1 aliphatic heterocycles. The summed E-state index contributed by atoms with van der Waals surface area (Å²) < 4.78 is 8.08. The summed E-state index contributed by atoms with van der Waals surface area (Å²) in [6.07, 6.45) is 0.